The van der Waals surface area contributed by atoms with E-state index in [9.17, 15) is 15.0 Å². The van der Waals surface area contributed by atoms with Crippen molar-refractivity contribution in [1.29, 1.82) is 0 Å². The van der Waals surface area contributed by atoms with Crippen LogP contribution in [0, 0.1) is 0 Å². The third-order valence-electron chi connectivity index (χ3n) is 15.2. The summed E-state index contributed by atoms with van der Waals surface area (Å²) >= 11 is 0. The summed E-state index contributed by atoms with van der Waals surface area (Å²) in [5, 5.41) is 23.2. The number of carbonyl (C=O) groups is 1. The monoisotopic (exact) mass is 1030 g/mol. The molecule has 0 spiro atoms. The van der Waals surface area contributed by atoms with Gasteiger partial charge in [0.05, 0.1) is 18.8 Å². The maximum absolute atomic E-state index is 12.5. The number of unbranched alkanes of at least 4 members (excludes halogenated alkanes) is 44. The molecule has 0 aromatic heterocycles. The van der Waals surface area contributed by atoms with Crippen LogP contribution in [0.4, 0.5) is 0 Å². The third kappa shape index (κ3) is 60.7. The number of hydrogen-bond acceptors (Lipinski definition) is 3. The first-order chi connectivity index (χ1) is 36.7. The quantitative estimate of drug-likeness (QED) is 0.0420. The highest BCUT2D eigenvalue weighted by atomic mass is 16.3. The maximum Gasteiger partial charge on any atom is 0.220 e. The van der Waals surface area contributed by atoms with Crippen LogP contribution in [-0.2, 0) is 4.79 Å². The van der Waals surface area contributed by atoms with Crippen molar-refractivity contribution in [3.8, 4) is 0 Å². The molecule has 0 fully saturated rings. The predicted octanol–water partition coefficient (Wildman–Crippen LogP) is 22.5. The van der Waals surface area contributed by atoms with Crippen LogP contribution in [0.5, 0.6) is 0 Å². The number of hydrogen-bond donors (Lipinski definition) is 3. The summed E-state index contributed by atoms with van der Waals surface area (Å²) in [5.41, 5.74) is 0. The highest BCUT2D eigenvalue weighted by Gasteiger charge is 2.18. The third-order valence-corrected chi connectivity index (χ3v) is 15.2. The first kappa shape index (κ1) is 71.8. The van der Waals surface area contributed by atoms with Crippen LogP contribution in [-0.4, -0.2) is 34.9 Å². The van der Waals surface area contributed by atoms with Gasteiger partial charge in [0, 0.05) is 6.42 Å². The van der Waals surface area contributed by atoms with Crippen molar-refractivity contribution >= 4 is 5.91 Å². The van der Waals surface area contributed by atoms with Gasteiger partial charge in [-0.25, -0.2) is 0 Å². The van der Waals surface area contributed by atoms with Crippen LogP contribution < -0.4 is 5.32 Å². The second kappa shape index (κ2) is 65.1. The van der Waals surface area contributed by atoms with E-state index in [-0.39, 0.29) is 12.5 Å². The average molecular weight is 1030 g/mol. The fourth-order valence-corrected chi connectivity index (χ4v) is 10.2. The van der Waals surface area contributed by atoms with E-state index in [2.05, 4.69) is 79.9 Å². The minimum Gasteiger partial charge on any atom is -0.394 e. The lowest BCUT2D eigenvalue weighted by atomic mass is 10.0. The summed E-state index contributed by atoms with van der Waals surface area (Å²) in [4.78, 5) is 12.5. The first-order valence-electron chi connectivity index (χ1n) is 33.2. The van der Waals surface area contributed by atoms with E-state index in [1.54, 1.807) is 6.08 Å². The largest absolute Gasteiger partial charge is 0.394 e. The SMILES string of the molecule is CC/C=C\C/C=C\C/C=C\C/C=C\CCCCCCCCCCCCCCCCCCCCCCCCC(=O)NC(CO)C(O)/C=C/CC/C=C/CCCCCCCCCCCCCCCCCCCCCCC. The molecular weight excluding hydrogens is 903 g/mol. The first-order valence-corrected chi connectivity index (χ1v) is 33.2. The normalized spacial score (nSPS) is 13.2. The molecule has 4 nitrogen and oxygen atoms in total. The van der Waals surface area contributed by atoms with Gasteiger partial charge in [0.15, 0.2) is 0 Å². The van der Waals surface area contributed by atoms with Crippen molar-refractivity contribution in [1.82, 2.24) is 5.32 Å². The molecule has 0 radical (unpaired) electrons. The maximum atomic E-state index is 12.5. The zero-order valence-electron chi connectivity index (χ0n) is 49.9. The van der Waals surface area contributed by atoms with E-state index >= 15 is 0 Å². The van der Waals surface area contributed by atoms with E-state index in [4.69, 9.17) is 0 Å². The molecule has 3 N–H and O–H groups in total. The van der Waals surface area contributed by atoms with Crippen molar-refractivity contribution in [2.75, 3.05) is 6.61 Å². The Balaban J connectivity index is 3.46. The molecule has 1 amide bonds. The zero-order valence-corrected chi connectivity index (χ0v) is 49.9. The number of nitrogens with one attached hydrogen (secondary N) is 1. The molecule has 0 aromatic carbocycles. The molecule has 0 heterocycles. The molecule has 4 heteroatoms. The van der Waals surface area contributed by atoms with Crippen LogP contribution >= 0.6 is 0 Å². The fourth-order valence-electron chi connectivity index (χ4n) is 10.2. The van der Waals surface area contributed by atoms with Gasteiger partial charge in [0.1, 0.15) is 0 Å². The molecule has 2 unspecified atom stereocenters. The topological polar surface area (TPSA) is 69.6 Å². The molecule has 0 rings (SSSR count). The number of rotatable bonds is 61. The standard InChI is InChI=1S/C70H129NO3/c1-3-5-7-9-11-13-15-17-19-21-23-25-27-29-31-32-33-34-35-36-37-38-40-42-44-46-48-50-52-54-56-58-60-62-64-66-70(74)71-68(67-72)69(73)65-63-61-59-57-55-53-51-49-47-45-43-41-39-30-28-26-24-22-20-18-16-14-12-10-8-6-4-2/h5,7,11,13,17,19,23,25,55,57,63,65,68-69,72-73H,3-4,6,8-10,12,14-16,18,20-22,24,26-54,56,58-62,64,66-67H2,1-2H3,(H,71,74)/b7-5-,13-11-,19-17-,25-23-,57-55+,65-63+. The van der Waals surface area contributed by atoms with E-state index in [1.807, 2.05) is 6.08 Å². The number of carbonyl (C=O) groups excluding carboxylic acids is 1. The smallest absolute Gasteiger partial charge is 0.220 e. The van der Waals surface area contributed by atoms with Crippen LogP contribution in [0.15, 0.2) is 72.9 Å². The van der Waals surface area contributed by atoms with Gasteiger partial charge in [-0.2, -0.15) is 0 Å². The zero-order chi connectivity index (χ0) is 53.4. The van der Waals surface area contributed by atoms with Gasteiger partial charge in [-0.3, -0.25) is 4.79 Å². The molecule has 0 aliphatic heterocycles. The second-order valence-corrected chi connectivity index (χ2v) is 22.5. The highest BCUT2D eigenvalue weighted by Crippen LogP contribution is 2.18. The lowest BCUT2D eigenvalue weighted by Gasteiger charge is -2.19. The fraction of sp³-hybridized carbons (Fsp3) is 0.814. The summed E-state index contributed by atoms with van der Waals surface area (Å²) in [6, 6.07) is -0.641. The minimum absolute atomic E-state index is 0.0685. The molecule has 0 saturated heterocycles. The van der Waals surface area contributed by atoms with E-state index in [0.717, 1.165) is 57.8 Å². The molecule has 0 saturated carbocycles. The van der Waals surface area contributed by atoms with Crippen molar-refractivity contribution in [3.05, 3.63) is 72.9 Å². The van der Waals surface area contributed by atoms with Gasteiger partial charge in [-0.15, -0.1) is 0 Å². The van der Waals surface area contributed by atoms with E-state index in [0.29, 0.717) is 6.42 Å². The number of aliphatic hydroxyl groups is 2. The summed E-state index contributed by atoms with van der Waals surface area (Å²) < 4.78 is 0. The lowest BCUT2D eigenvalue weighted by molar-refractivity contribution is -0.123. The Morgan fingerprint density at radius 3 is 0.946 bits per heavy atom. The van der Waals surface area contributed by atoms with E-state index in [1.165, 1.54) is 270 Å². The Hall–Kier alpha value is -2.17. The molecule has 0 aliphatic rings. The van der Waals surface area contributed by atoms with Gasteiger partial charge in [-0.05, 0) is 70.6 Å². The Morgan fingerprint density at radius 2 is 0.608 bits per heavy atom. The van der Waals surface area contributed by atoms with Crippen molar-refractivity contribution < 1.29 is 15.0 Å². The van der Waals surface area contributed by atoms with Crippen LogP contribution in [0.2, 0.25) is 0 Å². The average Bonchev–Trinajstić information content (AvgIpc) is 3.40. The Morgan fingerprint density at radius 1 is 0.338 bits per heavy atom. The molecule has 0 bridgehead atoms. The van der Waals surface area contributed by atoms with Crippen LogP contribution in [0.25, 0.3) is 0 Å². The number of aliphatic hydroxyl groups excluding tert-OH is 2. The molecule has 432 valence electrons. The van der Waals surface area contributed by atoms with Gasteiger partial charge >= 0.3 is 0 Å². The Kier molecular flexibility index (Phi) is 63.2. The van der Waals surface area contributed by atoms with Gasteiger partial charge in [0.25, 0.3) is 0 Å². The number of allylic oxidation sites excluding steroid dienone is 11. The molecular formula is C70H129NO3. The minimum atomic E-state index is -0.865. The van der Waals surface area contributed by atoms with Crippen LogP contribution in [0.1, 0.15) is 348 Å². The predicted molar refractivity (Wildman–Crippen MR) is 331 cm³/mol. The van der Waals surface area contributed by atoms with Gasteiger partial charge in [-0.1, -0.05) is 344 Å². The number of amides is 1. The van der Waals surface area contributed by atoms with E-state index < -0.39 is 12.1 Å². The summed E-state index contributed by atoms with van der Waals surface area (Å²) in [6.07, 6.45) is 94.1. The van der Waals surface area contributed by atoms with Crippen molar-refractivity contribution in [2.45, 2.75) is 360 Å². The Bertz CT molecular complexity index is 1260. The summed E-state index contributed by atoms with van der Waals surface area (Å²) in [5.74, 6) is -0.0685. The molecule has 0 aliphatic carbocycles. The summed E-state index contributed by atoms with van der Waals surface area (Å²) in [6.45, 7) is 4.22. The highest BCUT2D eigenvalue weighted by molar-refractivity contribution is 5.76. The van der Waals surface area contributed by atoms with Crippen LogP contribution in [0.3, 0.4) is 0 Å². The molecule has 2 atom stereocenters. The van der Waals surface area contributed by atoms with Gasteiger partial charge in [0.2, 0.25) is 5.91 Å². The molecule has 0 aromatic rings. The lowest BCUT2D eigenvalue weighted by Crippen LogP contribution is -2.45. The van der Waals surface area contributed by atoms with Crippen molar-refractivity contribution in [2.24, 2.45) is 0 Å². The summed E-state index contributed by atoms with van der Waals surface area (Å²) in [7, 11) is 0. The van der Waals surface area contributed by atoms with Gasteiger partial charge < -0.3 is 15.5 Å². The molecule has 74 heavy (non-hydrogen) atoms. The van der Waals surface area contributed by atoms with Crippen molar-refractivity contribution in [3.63, 3.8) is 0 Å². The Labute approximate surface area is 463 Å². The second-order valence-electron chi connectivity index (χ2n) is 22.5.